The maximum absolute atomic E-state index is 10.5. The Bertz CT molecular complexity index is 365. The third-order valence-electron chi connectivity index (χ3n) is 1.96. The van der Waals surface area contributed by atoms with Crippen LogP contribution in [0.3, 0.4) is 0 Å². The first-order valence-electron chi connectivity index (χ1n) is 4.89. The molecule has 0 aromatic heterocycles. The van der Waals surface area contributed by atoms with Crippen molar-refractivity contribution in [2.75, 3.05) is 20.3 Å². The van der Waals surface area contributed by atoms with E-state index in [0.29, 0.717) is 30.2 Å². The molecular formula is C11H15NO4. The molecule has 88 valence electrons. The minimum absolute atomic E-state index is 0.0342. The van der Waals surface area contributed by atoms with Crippen LogP contribution < -0.4 is 15.2 Å². The number of carboxylic acid groups (broad SMARTS) is 1. The Hall–Kier alpha value is -1.75. The Labute approximate surface area is 93.8 Å². The molecule has 5 heteroatoms. The molecule has 0 aliphatic carbocycles. The maximum atomic E-state index is 10.5. The molecule has 0 unspecified atom stereocenters. The van der Waals surface area contributed by atoms with Crippen LogP contribution in [0.1, 0.15) is 5.56 Å². The molecular weight excluding hydrogens is 210 g/mol. The van der Waals surface area contributed by atoms with Crippen molar-refractivity contribution in [3.05, 3.63) is 23.8 Å². The Morgan fingerprint density at radius 3 is 2.75 bits per heavy atom. The predicted molar refractivity (Wildman–Crippen MR) is 58.9 cm³/mol. The van der Waals surface area contributed by atoms with Gasteiger partial charge in [-0.3, -0.25) is 4.79 Å². The highest BCUT2D eigenvalue weighted by atomic mass is 16.5. The summed E-state index contributed by atoms with van der Waals surface area (Å²) in [6.45, 7) is 0.814. The highest BCUT2D eigenvalue weighted by molar-refractivity contribution is 5.70. The SMILES string of the molecule is COc1cc(CC(=O)O)ccc1OCCN. The third-order valence-corrected chi connectivity index (χ3v) is 1.96. The largest absolute Gasteiger partial charge is 0.493 e. The van der Waals surface area contributed by atoms with E-state index in [2.05, 4.69) is 0 Å². The number of carbonyl (C=O) groups is 1. The van der Waals surface area contributed by atoms with Crippen molar-refractivity contribution < 1.29 is 19.4 Å². The van der Waals surface area contributed by atoms with E-state index in [0.717, 1.165) is 0 Å². The molecule has 1 aromatic rings. The summed E-state index contributed by atoms with van der Waals surface area (Å²) in [5.41, 5.74) is 5.99. The lowest BCUT2D eigenvalue weighted by Crippen LogP contribution is -2.11. The number of rotatable bonds is 6. The van der Waals surface area contributed by atoms with Crippen molar-refractivity contribution in [3.63, 3.8) is 0 Å². The van der Waals surface area contributed by atoms with Crippen molar-refractivity contribution in [1.82, 2.24) is 0 Å². The van der Waals surface area contributed by atoms with E-state index in [4.69, 9.17) is 20.3 Å². The number of methoxy groups -OCH3 is 1. The summed E-state index contributed by atoms with van der Waals surface area (Å²) in [5, 5.41) is 8.65. The highest BCUT2D eigenvalue weighted by Gasteiger charge is 2.07. The summed E-state index contributed by atoms with van der Waals surface area (Å²) < 4.78 is 10.4. The number of aliphatic carboxylic acids is 1. The molecule has 1 aromatic carbocycles. The van der Waals surface area contributed by atoms with Gasteiger partial charge in [0.05, 0.1) is 13.5 Å². The lowest BCUT2D eigenvalue weighted by atomic mass is 10.1. The van der Waals surface area contributed by atoms with Crippen molar-refractivity contribution >= 4 is 5.97 Å². The summed E-state index contributed by atoms with van der Waals surface area (Å²) in [5.74, 6) is 0.215. The topological polar surface area (TPSA) is 81.8 Å². The molecule has 16 heavy (non-hydrogen) atoms. The Morgan fingerprint density at radius 2 is 2.19 bits per heavy atom. The fraction of sp³-hybridized carbons (Fsp3) is 0.364. The summed E-state index contributed by atoms with van der Waals surface area (Å²) in [4.78, 5) is 10.5. The second-order valence-electron chi connectivity index (χ2n) is 3.19. The molecule has 0 spiro atoms. The van der Waals surface area contributed by atoms with Gasteiger partial charge in [0.1, 0.15) is 6.61 Å². The van der Waals surface area contributed by atoms with Crippen molar-refractivity contribution in [2.45, 2.75) is 6.42 Å². The minimum Gasteiger partial charge on any atom is -0.493 e. The van der Waals surface area contributed by atoms with Crippen LogP contribution in [-0.2, 0) is 11.2 Å². The molecule has 0 aliphatic heterocycles. The normalized spacial score (nSPS) is 9.88. The van der Waals surface area contributed by atoms with Gasteiger partial charge in [0, 0.05) is 6.54 Å². The van der Waals surface area contributed by atoms with Gasteiger partial charge in [-0.2, -0.15) is 0 Å². The quantitative estimate of drug-likeness (QED) is 0.743. The van der Waals surface area contributed by atoms with Gasteiger partial charge in [0.2, 0.25) is 0 Å². The number of hydrogen-bond acceptors (Lipinski definition) is 4. The zero-order valence-electron chi connectivity index (χ0n) is 9.10. The van der Waals surface area contributed by atoms with Crippen LogP contribution in [-0.4, -0.2) is 31.3 Å². The molecule has 0 bridgehead atoms. The molecule has 0 fully saturated rings. The number of nitrogens with two attached hydrogens (primary N) is 1. The maximum Gasteiger partial charge on any atom is 0.307 e. The summed E-state index contributed by atoms with van der Waals surface area (Å²) in [7, 11) is 1.51. The number of benzene rings is 1. The van der Waals surface area contributed by atoms with Crippen LogP contribution in [0, 0.1) is 0 Å². The van der Waals surface area contributed by atoms with Crippen LogP contribution in [0.25, 0.3) is 0 Å². The van der Waals surface area contributed by atoms with E-state index >= 15 is 0 Å². The molecule has 0 saturated heterocycles. The van der Waals surface area contributed by atoms with Crippen LogP contribution in [0.4, 0.5) is 0 Å². The first-order chi connectivity index (χ1) is 7.67. The Balaban J connectivity index is 2.83. The van der Waals surface area contributed by atoms with Gasteiger partial charge in [-0.1, -0.05) is 6.07 Å². The summed E-state index contributed by atoms with van der Waals surface area (Å²) >= 11 is 0. The van der Waals surface area contributed by atoms with Gasteiger partial charge >= 0.3 is 5.97 Å². The molecule has 0 heterocycles. The van der Waals surface area contributed by atoms with Gasteiger partial charge < -0.3 is 20.3 Å². The lowest BCUT2D eigenvalue weighted by Gasteiger charge is -2.10. The monoisotopic (exact) mass is 225 g/mol. The van der Waals surface area contributed by atoms with Crippen LogP contribution >= 0.6 is 0 Å². The van der Waals surface area contributed by atoms with E-state index in [1.807, 2.05) is 0 Å². The summed E-state index contributed by atoms with van der Waals surface area (Å²) in [6, 6.07) is 5.04. The number of ether oxygens (including phenoxy) is 2. The fourth-order valence-corrected chi connectivity index (χ4v) is 1.28. The van der Waals surface area contributed by atoms with Crippen LogP contribution in [0.5, 0.6) is 11.5 Å². The van der Waals surface area contributed by atoms with Crippen molar-refractivity contribution in [3.8, 4) is 11.5 Å². The predicted octanol–water partition coefficient (Wildman–Crippen LogP) is 0.660. The molecule has 0 radical (unpaired) electrons. The van der Waals surface area contributed by atoms with Crippen molar-refractivity contribution in [1.29, 1.82) is 0 Å². The van der Waals surface area contributed by atoms with E-state index in [1.165, 1.54) is 7.11 Å². The molecule has 1 rings (SSSR count). The fourth-order valence-electron chi connectivity index (χ4n) is 1.28. The van der Waals surface area contributed by atoms with Gasteiger partial charge in [-0.05, 0) is 17.7 Å². The molecule has 0 aliphatic rings. The lowest BCUT2D eigenvalue weighted by molar-refractivity contribution is -0.136. The van der Waals surface area contributed by atoms with E-state index < -0.39 is 5.97 Å². The smallest absolute Gasteiger partial charge is 0.307 e. The second kappa shape index (κ2) is 5.97. The van der Waals surface area contributed by atoms with Gasteiger partial charge in [0.15, 0.2) is 11.5 Å². The second-order valence-corrected chi connectivity index (χ2v) is 3.19. The first kappa shape index (κ1) is 12.3. The number of carboxylic acids is 1. The highest BCUT2D eigenvalue weighted by Crippen LogP contribution is 2.28. The number of hydrogen-bond donors (Lipinski definition) is 2. The van der Waals surface area contributed by atoms with Gasteiger partial charge in [0.25, 0.3) is 0 Å². The molecule has 5 nitrogen and oxygen atoms in total. The van der Waals surface area contributed by atoms with Gasteiger partial charge in [-0.15, -0.1) is 0 Å². The first-order valence-corrected chi connectivity index (χ1v) is 4.89. The van der Waals surface area contributed by atoms with Crippen LogP contribution in [0.15, 0.2) is 18.2 Å². The van der Waals surface area contributed by atoms with E-state index in [-0.39, 0.29) is 6.42 Å². The zero-order chi connectivity index (χ0) is 12.0. The molecule has 0 saturated carbocycles. The summed E-state index contributed by atoms with van der Waals surface area (Å²) in [6.07, 6.45) is -0.0342. The zero-order valence-corrected chi connectivity index (χ0v) is 9.10. The molecule has 0 atom stereocenters. The Kier molecular flexibility index (Phi) is 4.60. The molecule has 0 amide bonds. The van der Waals surface area contributed by atoms with Crippen molar-refractivity contribution in [2.24, 2.45) is 5.73 Å². The van der Waals surface area contributed by atoms with E-state index in [1.54, 1.807) is 18.2 Å². The average molecular weight is 225 g/mol. The van der Waals surface area contributed by atoms with Gasteiger partial charge in [-0.25, -0.2) is 0 Å². The third kappa shape index (κ3) is 3.43. The molecule has 3 N–H and O–H groups in total. The van der Waals surface area contributed by atoms with Crippen LogP contribution in [0.2, 0.25) is 0 Å². The standard InChI is InChI=1S/C11H15NO4/c1-15-10-6-8(7-11(13)14)2-3-9(10)16-5-4-12/h2-3,6H,4-5,7,12H2,1H3,(H,13,14). The minimum atomic E-state index is -0.877. The average Bonchev–Trinajstić information content (AvgIpc) is 2.26. The van der Waals surface area contributed by atoms with E-state index in [9.17, 15) is 4.79 Å². The Morgan fingerprint density at radius 1 is 1.44 bits per heavy atom.